The van der Waals surface area contributed by atoms with E-state index in [-0.39, 0.29) is 24.6 Å². The molecule has 100 valence electrons. The average Bonchev–Trinajstić information content (AvgIpc) is 2.30. The van der Waals surface area contributed by atoms with Crippen LogP contribution in [-0.4, -0.2) is 41.9 Å². The lowest BCUT2D eigenvalue weighted by Crippen LogP contribution is -2.48. The van der Waals surface area contributed by atoms with E-state index in [1.165, 1.54) is 6.07 Å². The zero-order chi connectivity index (χ0) is 13.1. The van der Waals surface area contributed by atoms with Crippen LogP contribution < -0.4 is 0 Å². The molecule has 3 nitrogen and oxygen atoms in total. The molecule has 5 heteroatoms. The number of aliphatic hydroxyl groups is 1. The van der Waals surface area contributed by atoms with Gasteiger partial charge in [-0.3, -0.25) is 4.90 Å². The number of benzene rings is 1. The highest BCUT2D eigenvalue weighted by Gasteiger charge is 2.25. The molecule has 0 spiro atoms. The van der Waals surface area contributed by atoms with Crippen molar-refractivity contribution in [2.45, 2.75) is 25.6 Å². The van der Waals surface area contributed by atoms with Crippen molar-refractivity contribution in [1.29, 1.82) is 0 Å². The molecule has 0 bridgehead atoms. The van der Waals surface area contributed by atoms with Gasteiger partial charge in [-0.2, -0.15) is 0 Å². The van der Waals surface area contributed by atoms with Crippen molar-refractivity contribution in [2.75, 3.05) is 19.8 Å². The van der Waals surface area contributed by atoms with Gasteiger partial charge in [0.1, 0.15) is 5.82 Å². The van der Waals surface area contributed by atoms with Gasteiger partial charge in [-0.15, -0.1) is 0 Å². The predicted molar refractivity (Wildman–Crippen MR) is 70.8 cm³/mol. The molecule has 1 aromatic rings. The number of rotatable bonds is 3. The monoisotopic (exact) mass is 317 g/mol. The van der Waals surface area contributed by atoms with E-state index < -0.39 is 0 Å². The molecule has 1 heterocycles. The summed E-state index contributed by atoms with van der Waals surface area (Å²) in [5.74, 6) is -0.237. The molecular formula is C13H17BrFNO2. The van der Waals surface area contributed by atoms with Gasteiger partial charge in [-0.1, -0.05) is 15.9 Å². The van der Waals surface area contributed by atoms with Gasteiger partial charge in [0, 0.05) is 23.6 Å². The van der Waals surface area contributed by atoms with Crippen LogP contribution in [0.15, 0.2) is 22.7 Å². The summed E-state index contributed by atoms with van der Waals surface area (Å²) in [7, 11) is 0. The molecule has 0 radical (unpaired) electrons. The number of ether oxygens (including phenoxy) is 1. The number of morpholine rings is 1. The molecule has 0 amide bonds. The van der Waals surface area contributed by atoms with E-state index in [4.69, 9.17) is 9.84 Å². The van der Waals surface area contributed by atoms with E-state index in [1.807, 2.05) is 6.07 Å². The van der Waals surface area contributed by atoms with Crippen molar-refractivity contribution in [2.24, 2.45) is 0 Å². The van der Waals surface area contributed by atoms with Crippen LogP contribution in [-0.2, 0) is 11.3 Å². The second kappa shape index (κ2) is 6.10. The van der Waals surface area contributed by atoms with Crippen molar-refractivity contribution >= 4 is 15.9 Å². The van der Waals surface area contributed by atoms with Crippen molar-refractivity contribution in [1.82, 2.24) is 4.90 Å². The Morgan fingerprint density at radius 3 is 2.94 bits per heavy atom. The van der Waals surface area contributed by atoms with Crippen molar-refractivity contribution in [3.05, 3.63) is 34.1 Å². The van der Waals surface area contributed by atoms with Crippen molar-refractivity contribution in [3.8, 4) is 0 Å². The summed E-state index contributed by atoms with van der Waals surface area (Å²) in [5, 5.41) is 9.13. The van der Waals surface area contributed by atoms with Crippen LogP contribution in [0.3, 0.4) is 0 Å². The molecule has 1 aromatic carbocycles. The number of aliphatic hydroxyl groups excluding tert-OH is 1. The Morgan fingerprint density at radius 2 is 2.28 bits per heavy atom. The molecule has 1 saturated heterocycles. The maximum absolute atomic E-state index is 13.3. The Balaban J connectivity index is 2.06. The lowest BCUT2D eigenvalue weighted by Gasteiger charge is -2.37. The summed E-state index contributed by atoms with van der Waals surface area (Å²) in [6, 6.07) is 5.18. The largest absolute Gasteiger partial charge is 0.394 e. The van der Waals surface area contributed by atoms with Gasteiger partial charge in [0.2, 0.25) is 0 Å². The summed E-state index contributed by atoms with van der Waals surface area (Å²) in [4.78, 5) is 2.20. The number of hydrogen-bond acceptors (Lipinski definition) is 3. The smallest absolute Gasteiger partial charge is 0.124 e. The first-order valence-corrected chi connectivity index (χ1v) is 6.79. The first kappa shape index (κ1) is 13.9. The SMILES string of the molecule is CC1COC(CO)CN1Cc1cc(F)cc(Br)c1. The third-order valence-electron chi connectivity index (χ3n) is 3.15. The minimum absolute atomic E-state index is 0.0239. The fourth-order valence-corrected chi connectivity index (χ4v) is 2.66. The molecule has 0 aliphatic carbocycles. The first-order valence-electron chi connectivity index (χ1n) is 6.00. The van der Waals surface area contributed by atoms with Gasteiger partial charge >= 0.3 is 0 Å². The highest BCUT2D eigenvalue weighted by Crippen LogP contribution is 2.19. The van der Waals surface area contributed by atoms with E-state index in [0.29, 0.717) is 19.7 Å². The van der Waals surface area contributed by atoms with Crippen LogP contribution >= 0.6 is 15.9 Å². The molecule has 18 heavy (non-hydrogen) atoms. The number of hydrogen-bond donors (Lipinski definition) is 1. The zero-order valence-electron chi connectivity index (χ0n) is 10.3. The second-order valence-corrected chi connectivity index (χ2v) is 5.61. The van der Waals surface area contributed by atoms with Crippen LogP contribution in [0.4, 0.5) is 4.39 Å². The minimum atomic E-state index is -0.237. The molecule has 1 fully saturated rings. The Morgan fingerprint density at radius 1 is 1.50 bits per heavy atom. The molecule has 1 N–H and O–H groups in total. The Hall–Kier alpha value is -0.490. The fourth-order valence-electron chi connectivity index (χ4n) is 2.14. The number of halogens is 2. The van der Waals surface area contributed by atoms with Crippen LogP contribution in [0.1, 0.15) is 12.5 Å². The van der Waals surface area contributed by atoms with Crippen LogP contribution in [0.2, 0.25) is 0 Å². The molecule has 2 rings (SSSR count). The van der Waals surface area contributed by atoms with Crippen molar-refractivity contribution < 1.29 is 14.2 Å². The highest BCUT2D eigenvalue weighted by molar-refractivity contribution is 9.10. The summed E-state index contributed by atoms with van der Waals surface area (Å²) >= 11 is 3.30. The molecule has 2 unspecified atom stereocenters. The van der Waals surface area contributed by atoms with E-state index in [1.54, 1.807) is 6.07 Å². The molecule has 1 aliphatic heterocycles. The van der Waals surface area contributed by atoms with Gasteiger partial charge in [-0.05, 0) is 30.7 Å². The molecule has 2 atom stereocenters. The maximum Gasteiger partial charge on any atom is 0.124 e. The number of nitrogens with zero attached hydrogens (tertiary/aromatic N) is 1. The first-order chi connectivity index (χ1) is 8.58. The molecule has 0 aromatic heterocycles. The quantitative estimate of drug-likeness (QED) is 0.927. The zero-order valence-corrected chi connectivity index (χ0v) is 11.9. The van der Waals surface area contributed by atoms with E-state index in [9.17, 15) is 4.39 Å². The van der Waals surface area contributed by atoms with E-state index in [2.05, 4.69) is 27.8 Å². The second-order valence-electron chi connectivity index (χ2n) is 4.69. The Labute approximate surface area is 115 Å². The average molecular weight is 318 g/mol. The summed E-state index contributed by atoms with van der Waals surface area (Å²) in [5.41, 5.74) is 0.923. The predicted octanol–water partition coefficient (Wildman–Crippen LogP) is 2.17. The lowest BCUT2D eigenvalue weighted by atomic mass is 10.1. The summed E-state index contributed by atoms with van der Waals surface area (Å²) in [6.07, 6.45) is -0.141. The molecule has 0 saturated carbocycles. The van der Waals surface area contributed by atoms with Gasteiger partial charge in [0.15, 0.2) is 0 Å². The standard InChI is InChI=1S/C13H17BrFNO2/c1-9-8-18-13(7-17)6-16(9)5-10-2-11(14)4-12(15)3-10/h2-4,9,13,17H,5-8H2,1H3. The van der Waals surface area contributed by atoms with Gasteiger partial charge in [0.25, 0.3) is 0 Å². The van der Waals surface area contributed by atoms with Crippen molar-refractivity contribution in [3.63, 3.8) is 0 Å². The van der Waals surface area contributed by atoms with E-state index >= 15 is 0 Å². The third kappa shape index (κ3) is 3.51. The minimum Gasteiger partial charge on any atom is -0.394 e. The lowest BCUT2D eigenvalue weighted by molar-refractivity contribution is -0.0805. The maximum atomic E-state index is 13.3. The summed E-state index contributed by atoms with van der Waals surface area (Å²) < 4.78 is 19.5. The Bertz CT molecular complexity index is 396. The van der Waals surface area contributed by atoms with Gasteiger partial charge < -0.3 is 9.84 Å². The van der Waals surface area contributed by atoms with Gasteiger partial charge in [-0.25, -0.2) is 4.39 Å². The van der Waals surface area contributed by atoms with Crippen LogP contribution in [0.25, 0.3) is 0 Å². The van der Waals surface area contributed by atoms with Gasteiger partial charge in [0.05, 0.1) is 19.3 Å². The fraction of sp³-hybridized carbons (Fsp3) is 0.538. The highest BCUT2D eigenvalue weighted by atomic mass is 79.9. The summed E-state index contributed by atoms with van der Waals surface area (Å²) in [6.45, 7) is 4.03. The van der Waals surface area contributed by atoms with Crippen LogP contribution in [0.5, 0.6) is 0 Å². The third-order valence-corrected chi connectivity index (χ3v) is 3.60. The Kier molecular flexibility index (Phi) is 4.72. The topological polar surface area (TPSA) is 32.7 Å². The normalized spacial score (nSPS) is 25.3. The van der Waals surface area contributed by atoms with E-state index in [0.717, 1.165) is 10.0 Å². The molecule has 1 aliphatic rings. The molecular weight excluding hydrogens is 301 g/mol. The van der Waals surface area contributed by atoms with Crippen LogP contribution in [0, 0.1) is 5.82 Å².